The van der Waals surface area contributed by atoms with Crippen LogP contribution in [0.1, 0.15) is 31.1 Å². The van der Waals surface area contributed by atoms with Gasteiger partial charge in [-0.25, -0.2) is 0 Å². The lowest BCUT2D eigenvalue weighted by atomic mass is 10.2. The molecule has 5 heteroatoms. The molecule has 0 fully saturated rings. The third kappa shape index (κ3) is 4.44. The predicted molar refractivity (Wildman–Crippen MR) is 62.5 cm³/mol. The highest BCUT2D eigenvalue weighted by atomic mass is 32.1. The van der Waals surface area contributed by atoms with Crippen LogP contribution in [0.4, 0.5) is 0 Å². The zero-order valence-electron chi connectivity index (χ0n) is 9.57. The molecule has 0 aliphatic carbocycles. The zero-order chi connectivity index (χ0) is 12.2. The molecule has 1 N–H and O–H groups in total. The van der Waals surface area contributed by atoms with Gasteiger partial charge < -0.3 is 10.1 Å². The second-order valence-electron chi connectivity index (χ2n) is 4.28. The van der Waals surface area contributed by atoms with E-state index in [1.807, 2.05) is 5.38 Å². The first-order chi connectivity index (χ1) is 7.38. The summed E-state index contributed by atoms with van der Waals surface area (Å²) in [5, 5.41) is 6.04. The third-order valence-corrected chi connectivity index (χ3v) is 2.28. The highest BCUT2D eigenvalue weighted by molar-refractivity contribution is 7.08. The largest absolute Gasteiger partial charge is 0.459 e. The van der Waals surface area contributed by atoms with Crippen LogP contribution in [-0.4, -0.2) is 24.0 Å². The molecule has 1 rings (SSSR count). The van der Waals surface area contributed by atoms with Crippen molar-refractivity contribution >= 4 is 23.2 Å². The molecular weight excluding hydrogens is 226 g/mol. The maximum Gasteiger partial charge on any atom is 0.325 e. The number of thiophene rings is 1. The van der Waals surface area contributed by atoms with Gasteiger partial charge in [0.05, 0.1) is 0 Å². The maximum atomic E-state index is 11.5. The molecule has 1 aromatic rings. The predicted octanol–water partition coefficient (Wildman–Crippen LogP) is 1.82. The number of hydrogen-bond acceptors (Lipinski definition) is 4. The highest BCUT2D eigenvalue weighted by Crippen LogP contribution is 2.07. The van der Waals surface area contributed by atoms with Gasteiger partial charge in [0.2, 0.25) is 0 Å². The van der Waals surface area contributed by atoms with Gasteiger partial charge >= 0.3 is 5.97 Å². The SMILES string of the molecule is CC(C)(C)OC(=O)CNC(=O)c1ccsc1. The monoisotopic (exact) mass is 241 g/mol. The van der Waals surface area contributed by atoms with Crippen molar-refractivity contribution in [3.05, 3.63) is 22.4 Å². The Bertz CT molecular complexity index is 365. The summed E-state index contributed by atoms with van der Waals surface area (Å²) in [6.45, 7) is 5.24. The van der Waals surface area contributed by atoms with Gasteiger partial charge in [-0.1, -0.05) is 0 Å². The molecule has 0 spiro atoms. The maximum absolute atomic E-state index is 11.5. The standard InChI is InChI=1S/C11H15NO3S/c1-11(2,3)15-9(13)6-12-10(14)8-4-5-16-7-8/h4-5,7H,6H2,1-3H3,(H,12,14). The minimum absolute atomic E-state index is 0.105. The van der Waals surface area contributed by atoms with Crippen LogP contribution in [0.2, 0.25) is 0 Å². The van der Waals surface area contributed by atoms with E-state index in [9.17, 15) is 9.59 Å². The van der Waals surface area contributed by atoms with Gasteiger partial charge in [0.15, 0.2) is 0 Å². The molecule has 88 valence electrons. The Morgan fingerprint density at radius 3 is 2.62 bits per heavy atom. The first-order valence-corrected chi connectivity index (χ1v) is 5.85. The van der Waals surface area contributed by atoms with E-state index in [1.54, 1.807) is 32.2 Å². The fourth-order valence-electron chi connectivity index (χ4n) is 1.03. The molecule has 0 bridgehead atoms. The number of nitrogens with one attached hydrogen (secondary N) is 1. The molecule has 0 aliphatic heterocycles. The van der Waals surface area contributed by atoms with Gasteiger partial charge in [-0.2, -0.15) is 11.3 Å². The van der Waals surface area contributed by atoms with E-state index in [1.165, 1.54) is 11.3 Å². The molecular formula is C11H15NO3S. The average Bonchev–Trinajstić information content (AvgIpc) is 2.64. The number of carbonyl (C=O) groups excluding carboxylic acids is 2. The minimum Gasteiger partial charge on any atom is -0.459 e. The molecule has 0 saturated carbocycles. The van der Waals surface area contributed by atoms with Crippen LogP contribution >= 0.6 is 11.3 Å². The molecule has 1 heterocycles. The molecule has 1 aromatic heterocycles. The smallest absolute Gasteiger partial charge is 0.325 e. The van der Waals surface area contributed by atoms with Crippen LogP contribution in [0.25, 0.3) is 0 Å². The normalized spacial score (nSPS) is 10.9. The third-order valence-electron chi connectivity index (χ3n) is 1.60. The van der Waals surface area contributed by atoms with Crippen molar-refractivity contribution in [3.63, 3.8) is 0 Å². The van der Waals surface area contributed by atoms with Gasteiger partial charge in [0, 0.05) is 10.9 Å². The molecule has 0 aromatic carbocycles. The zero-order valence-corrected chi connectivity index (χ0v) is 10.4. The van der Waals surface area contributed by atoms with Gasteiger partial charge in [0.1, 0.15) is 12.1 Å². The van der Waals surface area contributed by atoms with Crippen LogP contribution in [-0.2, 0) is 9.53 Å². The number of esters is 1. The minimum atomic E-state index is -0.524. The Kier molecular flexibility index (Phi) is 4.06. The Morgan fingerprint density at radius 1 is 1.44 bits per heavy atom. The van der Waals surface area contributed by atoms with Gasteiger partial charge in [-0.15, -0.1) is 0 Å². The molecule has 0 unspecified atom stereocenters. The van der Waals surface area contributed by atoms with Crippen molar-refractivity contribution in [2.45, 2.75) is 26.4 Å². The molecule has 0 atom stereocenters. The Morgan fingerprint density at radius 2 is 2.12 bits per heavy atom. The molecule has 0 aliphatic rings. The summed E-state index contributed by atoms with van der Waals surface area (Å²) in [6, 6.07) is 1.70. The first kappa shape index (κ1) is 12.7. The van der Waals surface area contributed by atoms with E-state index >= 15 is 0 Å². The topological polar surface area (TPSA) is 55.4 Å². The van der Waals surface area contributed by atoms with Crippen molar-refractivity contribution in [3.8, 4) is 0 Å². The first-order valence-electron chi connectivity index (χ1n) is 4.91. The Labute approximate surface area is 98.6 Å². The summed E-state index contributed by atoms with van der Waals surface area (Å²) in [4.78, 5) is 22.8. The molecule has 0 radical (unpaired) electrons. The van der Waals surface area contributed by atoms with E-state index < -0.39 is 11.6 Å². The van der Waals surface area contributed by atoms with Crippen molar-refractivity contribution in [1.82, 2.24) is 5.32 Å². The van der Waals surface area contributed by atoms with Crippen molar-refractivity contribution < 1.29 is 14.3 Å². The van der Waals surface area contributed by atoms with Crippen LogP contribution in [0.15, 0.2) is 16.8 Å². The summed E-state index contributed by atoms with van der Waals surface area (Å²) in [6.07, 6.45) is 0. The number of carbonyl (C=O) groups is 2. The van der Waals surface area contributed by atoms with Gasteiger partial charge in [0.25, 0.3) is 5.91 Å². The van der Waals surface area contributed by atoms with E-state index in [4.69, 9.17) is 4.74 Å². The van der Waals surface area contributed by atoms with Crippen LogP contribution < -0.4 is 5.32 Å². The number of ether oxygens (including phenoxy) is 1. The summed E-state index contributed by atoms with van der Waals surface area (Å²) in [5.41, 5.74) is 0.0399. The van der Waals surface area contributed by atoms with E-state index in [2.05, 4.69) is 5.32 Å². The Balaban J connectivity index is 2.35. The Hall–Kier alpha value is -1.36. The van der Waals surface area contributed by atoms with Gasteiger partial charge in [-0.3, -0.25) is 9.59 Å². The van der Waals surface area contributed by atoms with Crippen molar-refractivity contribution in [1.29, 1.82) is 0 Å². The van der Waals surface area contributed by atoms with Gasteiger partial charge in [-0.05, 0) is 32.2 Å². The fourth-order valence-corrected chi connectivity index (χ4v) is 1.66. The summed E-state index contributed by atoms with van der Waals surface area (Å²) in [5.74, 6) is -0.691. The molecule has 4 nitrogen and oxygen atoms in total. The number of amides is 1. The molecule has 0 saturated heterocycles. The lowest BCUT2D eigenvalue weighted by molar-refractivity contribution is -0.153. The fraction of sp³-hybridized carbons (Fsp3) is 0.455. The average molecular weight is 241 g/mol. The van der Waals surface area contributed by atoms with E-state index in [0.717, 1.165) is 0 Å². The summed E-state index contributed by atoms with van der Waals surface area (Å²) in [7, 11) is 0. The van der Waals surface area contributed by atoms with Crippen molar-refractivity contribution in [2.75, 3.05) is 6.54 Å². The lowest BCUT2D eigenvalue weighted by Crippen LogP contribution is -2.34. The highest BCUT2D eigenvalue weighted by Gasteiger charge is 2.16. The lowest BCUT2D eigenvalue weighted by Gasteiger charge is -2.19. The quantitative estimate of drug-likeness (QED) is 0.821. The summed E-state index contributed by atoms with van der Waals surface area (Å²) < 4.78 is 5.05. The second kappa shape index (κ2) is 5.12. The van der Waals surface area contributed by atoms with Crippen molar-refractivity contribution in [2.24, 2.45) is 0 Å². The summed E-state index contributed by atoms with van der Waals surface area (Å²) >= 11 is 1.44. The molecule has 16 heavy (non-hydrogen) atoms. The van der Waals surface area contributed by atoms with Crippen LogP contribution in [0.3, 0.4) is 0 Å². The number of rotatable bonds is 3. The number of hydrogen-bond donors (Lipinski definition) is 1. The van der Waals surface area contributed by atoms with E-state index in [-0.39, 0.29) is 12.5 Å². The van der Waals surface area contributed by atoms with Crippen LogP contribution in [0.5, 0.6) is 0 Å². The van der Waals surface area contributed by atoms with E-state index in [0.29, 0.717) is 5.56 Å². The van der Waals surface area contributed by atoms with Crippen LogP contribution in [0, 0.1) is 0 Å². The molecule has 1 amide bonds. The second-order valence-corrected chi connectivity index (χ2v) is 5.06.